The molecule has 0 aliphatic carbocycles. The molecule has 3 heterocycles. The number of hydrogen-bond acceptors (Lipinski definition) is 7. The van der Waals surface area contributed by atoms with Gasteiger partial charge >= 0.3 is 0 Å². The number of nitrogens with zero attached hydrogens (tertiary/aromatic N) is 4. The molecule has 0 radical (unpaired) electrons. The van der Waals surface area contributed by atoms with Crippen LogP contribution in [0.1, 0.15) is 39.0 Å². The number of aryl methyl sites for hydroxylation is 1. The SMILES string of the molecule is CCC1=C(NCCCO)N=c2c(cc(-c3ccc(-c4noc(C)n4)cc3Cl)c(=O)n2CC)=CC1. The van der Waals surface area contributed by atoms with E-state index in [1.165, 1.54) is 0 Å². The zero-order valence-electron chi connectivity index (χ0n) is 19.6. The number of fused-ring (bicyclic) bond motifs is 1. The molecule has 1 aliphatic rings. The van der Waals surface area contributed by atoms with Gasteiger partial charge in [-0.05, 0) is 43.9 Å². The van der Waals surface area contributed by atoms with E-state index in [0.717, 1.165) is 29.5 Å². The normalized spacial score (nSPS) is 13.2. The number of halogens is 1. The predicted octanol–water partition coefficient (Wildman–Crippen LogP) is 2.94. The average molecular weight is 482 g/mol. The van der Waals surface area contributed by atoms with Crippen LogP contribution in [0.15, 0.2) is 50.0 Å². The van der Waals surface area contributed by atoms with E-state index in [4.69, 9.17) is 26.2 Å². The van der Waals surface area contributed by atoms with Gasteiger partial charge in [-0.3, -0.25) is 9.36 Å². The van der Waals surface area contributed by atoms with Crippen molar-refractivity contribution in [1.82, 2.24) is 20.0 Å². The molecule has 2 N–H and O–H groups in total. The van der Waals surface area contributed by atoms with Crippen molar-refractivity contribution in [3.05, 3.63) is 67.6 Å². The van der Waals surface area contributed by atoms with Crippen molar-refractivity contribution < 1.29 is 9.63 Å². The molecule has 0 unspecified atom stereocenters. The smallest absolute Gasteiger partial charge is 0.260 e. The number of allylic oxidation sites excluding steroid dienone is 1. The Labute approximate surface area is 202 Å². The van der Waals surface area contributed by atoms with Crippen molar-refractivity contribution in [2.75, 3.05) is 13.2 Å². The summed E-state index contributed by atoms with van der Waals surface area (Å²) in [6, 6.07) is 7.27. The van der Waals surface area contributed by atoms with Gasteiger partial charge in [0.1, 0.15) is 11.3 Å². The summed E-state index contributed by atoms with van der Waals surface area (Å²) >= 11 is 6.64. The molecule has 0 spiro atoms. The van der Waals surface area contributed by atoms with E-state index in [-0.39, 0.29) is 12.2 Å². The summed E-state index contributed by atoms with van der Waals surface area (Å²) in [6.07, 6.45) is 4.29. The van der Waals surface area contributed by atoms with Crippen LogP contribution >= 0.6 is 11.6 Å². The fraction of sp³-hybridized carbons (Fsp3) is 0.360. The number of pyridine rings is 1. The van der Waals surface area contributed by atoms with Crippen LogP contribution in [0.4, 0.5) is 0 Å². The first kappa shape index (κ1) is 23.9. The van der Waals surface area contributed by atoms with Gasteiger partial charge in [-0.15, -0.1) is 0 Å². The molecule has 3 aromatic rings. The van der Waals surface area contributed by atoms with E-state index in [1.807, 2.05) is 25.1 Å². The summed E-state index contributed by atoms with van der Waals surface area (Å²) < 4.78 is 6.74. The Balaban J connectivity index is 1.84. The summed E-state index contributed by atoms with van der Waals surface area (Å²) in [5.74, 6) is 1.69. The summed E-state index contributed by atoms with van der Waals surface area (Å²) in [5.41, 5.74) is 3.50. The molecule has 0 saturated carbocycles. The Hall–Kier alpha value is -3.23. The van der Waals surface area contributed by atoms with Crippen LogP contribution in [-0.4, -0.2) is 33.0 Å². The molecule has 8 nitrogen and oxygen atoms in total. The monoisotopic (exact) mass is 481 g/mol. The van der Waals surface area contributed by atoms with Crippen LogP contribution in [0.3, 0.4) is 0 Å². The fourth-order valence-electron chi connectivity index (χ4n) is 4.01. The number of benzene rings is 1. The third-order valence-corrected chi connectivity index (χ3v) is 6.14. The van der Waals surface area contributed by atoms with Crippen LogP contribution in [0.2, 0.25) is 5.02 Å². The lowest BCUT2D eigenvalue weighted by atomic mass is 10.0. The molecule has 4 rings (SSSR count). The molecule has 2 aromatic heterocycles. The Morgan fingerprint density at radius 2 is 2.06 bits per heavy atom. The lowest BCUT2D eigenvalue weighted by molar-refractivity contribution is 0.287. The number of aromatic nitrogens is 3. The van der Waals surface area contributed by atoms with Crippen LogP contribution in [0, 0.1) is 6.92 Å². The summed E-state index contributed by atoms with van der Waals surface area (Å²) in [7, 11) is 0. The molecular formula is C25H28ClN5O3. The molecule has 9 heteroatoms. The first-order valence-electron chi connectivity index (χ1n) is 11.5. The van der Waals surface area contributed by atoms with E-state index in [9.17, 15) is 4.79 Å². The number of rotatable bonds is 8. The lowest BCUT2D eigenvalue weighted by Gasteiger charge is -2.12. The van der Waals surface area contributed by atoms with E-state index in [0.29, 0.717) is 58.4 Å². The second kappa shape index (κ2) is 10.4. The minimum Gasteiger partial charge on any atom is -0.396 e. The van der Waals surface area contributed by atoms with Gasteiger partial charge in [0.15, 0.2) is 0 Å². The van der Waals surface area contributed by atoms with Crippen LogP contribution < -0.4 is 21.6 Å². The number of aliphatic hydroxyl groups is 1. The molecular weight excluding hydrogens is 454 g/mol. The highest BCUT2D eigenvalue weighted by atomic mass is 35.5. The van der Waals surface area contributed by atoms with Crippen LogP contribution in [-0.2, 0) is 6.54 Å². The highest BCUT2D eigenvalue weighted by molar-refractivity contribution is 6.33. The van der Waals surface area contributed by atoms with Crippen molar-refractivity contribution in [2.24, 2.45) is 4.99 Å². The van der Waals surface area contributed by atoms with Gasteiger partial charge in [-0.25, -0.2) is 4.99 Å². The zero-order chi connectivity index (χ0) is 24.2. The molecule has 34 heavy (non-hydrogen) atoms. The lowest BCUT2D eigenvalue weighted by Crippen LogP contribution is -2.44. The first-order chi connectivity index (χ1) is 16.5. The van der Waals surface area contributed by atoms with Gasteiger partial charge in [0.25, 0.3) is 5.56 Å². The first-order valence-corrected chi connectivity index (χ1v) is 11.8. The molecule has 0 amide bonds. The van der Waals surface area contributed by atoms with Gasteiger partial charge < -0.3 is 14.9 Å². The minimum atomic E-state index is -0.155. The molecule has 0 atom stereocenters. The molecule has 0 saturated heterocycles. The Bertz CT molecular complexity index is 1420. The fourth-order valence-corrected chi connectivity index (χ4v) is 4.29. The summed E-state index contributed by atoms with van der Waals surface area (Å²) in [4.78, 5) is 22.6. The topological polar surface area (TPSA) is 106 Å². The van der Waals surface area contributed by atoms with Gasteiger partial charge in [0.2, 0.25) is 11.7 Å². The number of aliphatic hydroxyl groups excluding tert-OH is 1. The quantitative estimate of drug-likeness (QED) is 0.479. The molecule has 0 fully saturated rings. The maximum atomic E-state index is 13.5. The highest BCUT2D eigenvalue weighted by Gasteiger charge is 2.16. The van der Waals surface area contributed by atoms with Gasteiger partial charge in [0.05, 0.1) is 0 Å². The van der Waals surface area contributed by atoms with Crippen molar-refractivity contribution in [1.29, 1.82) is 0 Å². The Morgan fingerprint density at radius 3 is 2.71 bits per heavy atom. The third-order valence-electron chi connectivity index (χ3n) is 5.83. The van der Waals surface area contributed by atoms with Crippen molar-refractivity contribution in [2.45, 2.75) is 46.6 Å². The third kappa shape index (κ3) is 4.69. The second-order valence-corrected chi connectivity index (χ2v) is 8.45. The van der Waals surface area contributed by atoms with Gasteiger partial charge in [-0.2, -0.15) is 4.98 Å². The Morgan fingerprint density at radius 1 is 1.24 bits per heavy atom. The van der Waals surface area contributed by atoms with Crippen molar-refractivity contribution >= 4 is 17.7 Å². The average Bonchev–Trinajstić information content (AvgIpc) is 3.18. The van der Waals surface area contributed by atoms with Crippen molar-refractivity contribution in [3.63, 3.8) is 0 Å². The van der Waals surface area contributed by atoms with Crippen LogP contribution in [0.25, 0.3) is 28.6 Å². The maximum Gasteiger partial charge on any atom is 0.260 e. The number of hydrogen-bond donors (Lipinski definition) is 2. The second-order valence-electron chi connectivity index (χ2n) is 8.05. The number of nitrogens with one attached hydrogen (secondary N) is 1. The van der Waals surface area contributed by atoms with E-state index in [2.05, 4.69) is 28.5 Å². The highest BCUT2D eigenvalue weighted by Crippen LogP contribution is 2.29. The predicted molar refractivity (Wildman–Crippen MR) is 132 cm³/mol. The van der Waals surface area contributed by atoms with E-state index in [1.54, 1.807) is 17.6 Å². The van der Waals surface area contributed by atoms with E-state index < -0.39 is 0 Å². The molecule has 0 bridgehead atoms. The minimum absolute atomic E-state index is 0.110. The molecule has 178 valence electrons. The van der Waals surface area contributed by atoms with Crippen molar-refractivity contribution in [3.8, 4) is 22.5 Å². The van der Waals surface area contributed by atoms with Crippen LogP contribution in [0.5, 0.6) is 0 Å². The Kier molecular flexibility index (Phi) is 7.29. The van der Waals surface area contributed by atoms with Gasteiger partial charge in [-0.1, -0.05) is 41.9 Å². The maximum absolute atomic E-state index is 13.5. The molecule has 1 aromatic carbocycles. The largest absolute Gasteiger partial charge is 0.396 e. The molecule has 1 aliphatic heterocycles. The zero-order valence-corrected chi connectivity index (χ0v) is 20.3. The van der Waals surface area contributed by atoms with Gasteiger partial charge in [0, 0.05) is 53.6 Å². The summed E-state index contributed by atoms with van der Waals surface area (Å²) in [5, 5.41) is 17.7. The van der Waals surface area contributed by atoms with E-state index >= 15 is 0 Å². The summed E-state index contributed by atoms with van der Waals surface area (Å²) in [6.45, 7) is 6.94. The standard InChI is InChI=1S/C25H28ClN5O3/c1-4-16-7-8-18-13-20(19-10-9-17(14-21(19)26)23-28-15(3)34-30-23)25(33)31(5-2)24(18)29-22(16)27-11-6-12-32/h8-10,13-14,27,32H,4-7,11-12H2,1-3H3.